The van der Waals surface area contributed by atoms with Crippen molar-refractivity contribution in [1.82, 2.24) is 26.2 Å². The third kappa shape index (κ3) is 9.24. The highest BCUT2D eigenvalue weighted by atomic mass is 35.5. The van der Waals surface area contributed by atoms with Gasteiger partial charge in [0.2, 0.25) is 11.8 Å². The number of aliphatic hydroxyl groups is 1. The van der Waals surface area contributed by atoms with Gasteiger partial charge in [0.05, 0.1) is 22.1 Å². The molecule has 0 aromatic carbocycles. The highest BCUT2D eigenvalue weighted by Crippen LogP contribution is 2.65. The predicted molar refractivity (Wildman–Crippen MR) is 197 cm³/mol. The number of hydrogen-bond donors (Lipinski definition) is 5. The van der Waals surface area contributed by atoms with Crippen molar-refractivity contribution >= 4 is 56.7 Å². The number of aliphatic hydroxyl groups excluding tert-OH is 1. The van der Waals surface area contributed by atoms with Gasteiger partial charge in [-0.15, -0.1) is 29.8 Å². The topological polar surface area (TPSA) is 174 Å². The van der Waals surface area contributed by atoms with Gasteiger partial charge in [-0.1, -0.05) is 57.4 Å². The summed E-state index contributed by atoms with van der Waals surface area (Å²) in [5.74, 6) is -2.66. The lowest BCUT2D eigenvalue weighted by atomic mass is 9.82. The fourth-order valence-corrected chi connectivity index (χ4v) is 10.7. The van der Waals surface area contributed by atoms with Crippen molar-refractivity contribution in [2.24, 2.45) is 23.7 Å². The van der Waals surface area contributed by atoms with E-state index in [0.29, 0.717) is 32.1 Å². The average Bonchev–Trinajstić information content (AvgIpc) is 3.92. The van der Waals surface area contributed by atoms with Crippen LogP contribution in [0.5, 0.6) is 0 Å². The number of ketones is 1. The molecule has 288 valence electrons. The zero-order valence-electron chi connectivity index (χ0n) is 30.2. The van der Waals surface area contributed by atoms with Crippen molar-refractivity contribution in [3.8, 4) is 0 Å². The largest absolute Gasteiger partial charge is 0.371 e. The van der Waals surface area contributed by atoms with Gasteiger partial charge in [0.15, 0.2) is 21.8 Å². The van der Waals surface area contributed by atoms with Crippen LogP contribution in [0.25, 0.3) is 0 Å². The number of alkyl halides is 2. The minimum absolute atomic E-state index is 0.111. The number of hydrogen-bond acceptors (Lipinski definition) is 8. The lowest BCUT2D eigenvalue weighted by molar-refractivity contribution is -0.143. The molecule has 0 spiro atoms. The van der Waals surface area contributed by atoms with Crippen molar-refractivity contribution in [3.05, 3.63) is 12.7 Å². The smallest absolute Gasteiger partial charge is 0.315 e. The van der Waals surface area contributed by atoms with Crippen LogP contribution in [0.3, 0.4) is 0 Å². The Morgan fingerprint density at radius 2 is 1.61 bits per heavy atom. The number of urea groups is 1. The van der Waals surface area contributed by atoms with Crippen molar-refractivity contribution in [1.29, 1.82) is 0 Å². The summed E-state index contributed by atoms with van der Waals surface area (Å²) < 4.78 is 24.5. The summed E-state index contributed by atoms with van der Waals surface area (Å²) >= 11 is 13.3. The molecular formula is C36H57Cl2N5O7S. The van der Waals surface area contributed by atoms with Crippen LogP contribution in [0.1, 0.15) is 104 Å². The maximum absolute atomic E-state index is 14.6. The maximum Gasteiger partial charge on any atom is 0.315 e. The predicted octanol–water partition coefficient (Wildman–Crippen LogP) is 3.73. The number of carbonyl (C=O) groups excluding carboxylic acids is 4. The van der Waals surface area contributed by atoms with Gasteiger partial charge in [-0.25, -0.2) is 13.2 Å². The normalized spacial score (nSPS) is 27.7. The van der Waals surface area contributed by atoms with E-state index in [1.54, 1.807) is 20.8 Å². The molecule has 15 heteroatoms. The number of piperidine rings is 1. The monoisotopic (exact) mass is 773 g/mol. The number of nitrogens with zero attached hydrogens (tertiary/aromatic N) is 1. The number of Topliss-reactive ketones (excluding diaryl/α,β-unsaturated/α-hetero) is 1. The van der Waals surface area contributed by atoms with Gasteiger partial charge in [0.25, 0.3) is 0 Å². The molecule has 0 aromatic rings. The van der Waals surface area contributed by atoms with Crippen molar-refractivity contribution < 1.29 is 32.7 Å². The van der Waals surface area contributed by atoms with Gasteiger partial charge in [-0.2, -0.15) is 0 Å². The quantitative estimate of drug-likeness (QED) is 0.0952. The first-order valence-electron chi connectivity index (χ1n) is 18.8. The molecule has 5 aliphatic rings. The van der Waals surface area contributed by atoms with Gasteiger partial charge in [0, 0.05) is 24.9 Å². The molecule has 12 nitrogen and oxygen atoms in total. The molecule has 1 aliphatic heterocycles. The number of amides is 4. The molecule has 4 amide bonds. The van der Waals surface area contributed by atoms with E-state index >= 15 is 0 Å². The minimum atomic E-state index is -3.57. The Balaban J connectivity index is 1.36. The van der Waals surface area contributed by atoms with Crippen molar-refractivity contribution in [2.75, 3.05) is 18.8 Å². The lowest BCUT2D eigenvalue weighted by Gasteiger charge is -2.41. The number of rotatable bonds is 15. The number of carbonyl (C=O) groups is 4. The van der Waals surface area contributed by atoms with E-state index in [2.05, 4.69) is 27.8 Å². The second-order valence-corrected chi connectivity index (χ2v) is 20.9. The standard InChI is InChI=1S/C36H57Cl2N5O7S/c1-5-18-39-31(46)29(44)25(19-22-14-15-22)40-30(45)28-26-24(36(26,37)38)20-43(28)32(47)27(23-12-8-6-9-13-23)41-33(48)42-35(16-10-7-11-17-35)21-51(49,50)34(2,3)4/h5,22-28,31,39,46H,1,6-21H2,2-4H3,(H,40,45)(H2,41,42,48)/t24?,25?,26?,27-,28-,31?/m0/s1. The van der Waals surface area contributed by atoms with Gasteiger partial charge in [-0.3, -0.25) is 19.7 Å². The van der Waals surface area contributed by atoms with Crippen molar-refractivity contribution in [2.45, 2.75) is 143 Å². The first kappa shape index (κ1) is 40.3. The SMILES string of the molecule is C=CCNC(O)C(=O)C(CC1CC1)NC(=O)[C@@H]1C2C(CN1C(=O)[C@@H](NC(=O)NC1(CS(=O)(=O)C(C)(C)C)CCCCC1)C1CCCCC1)C2(Cl)Cl. The van der Waals surface area contributed by atoms with Crippen LogP contribution in [-0.2, 0) is 24.2 Å². The number of likely N-dealkylation sites (tertiary alicyclic amines) is 1. The van der Waals surface area contributed by atoms with Crippen molar-refractivity contribution in [3.63, 3.8) is 0 Å². The van der Waals surface area contributed by atoms with E-state index in [-0.39, 0.29) is 36.6 Å². The van der Waals surface area contributed by atoms with E-state index in [9.17, 15) is 32.7 Å². The number of halogens is 2. The summed E-state index contributed by atoms with van der Waals surface area (Å²) in [6.45, 7) is 8.88. The number of nitrogens with one attached hydrogen (secondary N) is 4. The molecule has 1 saturated heterocycles. The second kappa shape index (κ2) is 15.8. The molecule has 51 heavy (non-hydrogen) atoms. The van der Waals surface area contributed by atoms with Gasteiger partial charge < -0.3 is 26.0 Å². The minimum Gasteiger partial charge on any atom is -0.371 e. The summed E-state index contributed by atoms with van der Waals surface area (Å²) in [7, 11) is -3.57. The molecule has 5 rings (SSSR count). The van der Waals surface area contributed by atoms with Crippen LogP contribution < -0.4 is 21.3 Å². The van der Waals surface area contributed by atoms with Crippen LogP contribution in [0, 0.1) is 23.7 Å². The molecule has 1 heterocycles. The molecular weight excluding hydrogens is 717 g/mol. The molecule has 6 atom stereocenters. The summed E-state index contributed by atoms with van der Waals surface area (Å²) in [6.07, 6.45) is 9.95. The van der Waals surface area contributed by atoms with Gasteiger partial charge in [0.1, 0.15) is 16.4 Å². The molecule has 0 bridgehead atoms. The fourth-order valence-electron chi connectivity index (χ4n) is 8.37. The molecule has 4 saturated carbocycles. The average molecular weight is 775 g/mol. The number of sulfone groups is 1. The molecule has 0 radical (unpaired) electrons. The van der Waals surface area contributed by atoms with Crippen LogP contribution in [0.2, 0.25) is 0 Å². The maximum atomic E-state index is 14.6. The fraction of sp³-hybridized carbons (Fsp3) is 0.833. The number of fused-ring (bicyclic) bond motifs is 1. The highest BCUT2D eigenvalue weighted by molar-refractivity contribution is 7.92. The van der Waals surface area contributed by atoms with E-state index in [1.807, 2.05) is 0 Å². The van der Waals surface area contributed by atoms with Crippen LogP contribution in [-0.4, -0.2) is 99.9 Å². The summed E-state index contributed by atoms with van der Waals surface area (Å²) in [4.78, 5) is 57.4. The van der Waals surface area contributed by atoms with Crippen LogP contribution >= 0.6 is 23.2 Å². The van der Waals surface area contributed by atoms with Gasteiger partial charge >= 0.3 is 6.03 Å². The van der Waals surface area contributed by atoms with Gasteiger partial charge in [-0.05, 0) is 64.7 Å². The first-order chi connectivity index (χ1) is 23.9. The third-order valence-corrected chi connectivity index (χ3v) is 15.7. The molecule has 5 fully saturated rings. The Morgan fingerprint density at radius 1 is 0.980 bits per heavy atom. The summed E-state index contributed by atoms with van der Waals surface area (Å²) in [5, 5.41) is 22.0. The van der Waals surface area contributed by atoms with E-state index in [0.717, 1.165) is 51.4 Å². The second-order valence-electron chi connectivity index (χ2n) is 16.7. The van der Waals surface area contributed by atoms with E-state index < -0.39 is 78.4 Å². The zero-order chi connectivity index (χ0) is 37.4. The molecule has 4 aliphatic carbocycles. The van der Waals surface area contributed by atoms with Crippen LogP contribution in [0.15, 0.2) is 12.7 Å². The Bertz CT molecular complexity index is 1440. The first-order valence-corrected chi connectivity index (χ1v) is 21.2. The zero-order valence-corrected chi connectivity index (χ0v) is 32.6. The van der Waals surface area contributed by atoms with E-state index in [1.165, 1.54) is 11.0 Å². The Morgan fingerprint density at radius 3 is 2.20 bits per heavy atom. The Kier molecular flexibility index (Phi) is 12.5. The highest BCUT2D eigenvalue weighted by Gasteiger charge is 2.74. The summed E-state index contributed by atoms with van der Waals surface area (Å²) in [6, 6.07) is -3.63. The third-order valence-electron chi connectivity index (χ3n) is 11.8. The van der Waals surface area contributed by atoms with Crippen LogP contribution in [0.4, 0.5) is 4.79 Å². The molecule has 4 unspecified atom stereocenters. The van der Waals surface area contributed by atoms with E-state index in [4.69, 9.17) is 23.2 Å². The molecule has 5 N–H and O–H groups in total. The lowest BCUT2D eigenvalue weighted by Crippen LogP contribution is -2.63. The Hall–Kier alpha value is -1.93. The summed E-state index contributed by atoms with van der Waals surface area (Å²) in [5.41, 5.74) is -0.961. The molecule has 0 aromatic heterocycles. The Labute approximate surface area is 312 Å².